The number of hydrogen-bond donors (Lipinski definition) is 2. The van der Waals surface area contributed by atoms with Crippen molar-refractivity contribution in [2.75, 3.05) is 7.11 Å². The summed E-state index contributed by atoms with van der Waals surface area (Å²) in [5, 5.41) is 5.94. The van der Waals surface area contributed by atoms with Crippen LogP contribution in [-0.2, 0) is 6.54 Å². The molecule has 5 nitrogen and oxygen atoms in total. The number of nitrogens with zero attached hydrogens (tertiary/aromatic N) is 1. The van der Waals surface area contributed by atoms with Gasteiger partial charge in [0.15, 0.2) is 0 Å². The molecule has 5 heteroatoms. The van der Waals surface area contributed by atoms with E-state index in [2.05, 4.69) is 22.5 Å². The average Bonchev–Trinajstić information content (AvgIpc) is 2.48. The summed E-state index contributed by atoms with van der Waals surface area (Å²) < 4.78 is 5.00. The monoisotopic (exact) mass is 277 g/mol. The number of pyridine rings is 1. The molecule has 0 aromatic carbocycles. The van der Waals surface area contributed by atoms with Crippen molar-refractivity contribution in [3.8, 4) is 5.88 Å². The molecule has 2 rings (SSSR count). The topological polar surface area (TPSA) is 63.2 Å². The van der Waals surface area contributed by atoms with E-state index in [0.29, 0.717) is 24.4 Å². The molecule has 2 amide bonds. The van der Waals surface area contributed by atoms with Gasteiger partial charge < -0.3 is 15.4 Å². The van der Waals surface area contributed by atoms with Crippen molar-refractivity contribution in [1.82, 2.24) is 15.6 Å². The Balaban J connectivity index is 1.76. The molecule has 0 aliphatic heterocycles. The first-order valence-electron chi connectivity index (χ1n) is 7.22. The number of nitrogens with one attached hydrogen (secondary N) is 2. The molecular formula is C15H23N3O2. The molecular weight excluding hydrogens is 254 g/mol. The van der Waals surface area contributed by atoms with E-state index in [1.807, 2.05) is 6.07 Å². The molecule has 2 atom stereocenters. The van der Waals surface area contributed by atoms with Crippen molar-refractivity contribution in [3.63, 3.8) is 0 Å². The Morgan fingerprint density at radius 3 is 2.85 bits per heavy atom. The summed E-state index contributed by atoms with van der Waals surface area (Å²) >= 11 is 0. The van der Waals surface area contributed by atoms with Gasteiger partial charge in [-0.2, -0.15) is 0 Å². The summed E-state index contributed by atoms with van der Waals surface area (Å²) in [5.74, 6) is 1.14. The molecule has 1 fully saturated rings. The Labute approximate surface area is 120 Å². The van der Waals surface area contributed by atoms with Gasteiger partial charge in [-0.15, -0.1) is 0 Å². The van der Waals surface area contributed by atoms with E-state index >= 15 is 0 Å². The third kappa shape index (κ3) is 4.11. The lowest BCUT2D eigenvalue weighted by molar-refractivity contribution is 0.221. The van der Waals surface area contributed by atoms with E-state index < -0.39 is 0 Å². The number of aromatic nitrogens is 1. The van der Waals surface area contributed by atoms with Crippen molar-refractivity contribution in [2.24, 2.45) is 5.92 Å². The van der Waals surface area contributed by atoms with Gasteiger partial charge in [0.2, 0.25) is 5.88 Å². The maximum absolute atomic E-state index is 11.9. The first-order valence-corrected chi connectivity index (χ1v) is 7.22. The lowest BCUT2D eigenvalue weighted by Crippen LogP contribution is -2.45. The van der Waals surface area contributed by atoms with Gasteiger partial charge in [0.1, 0.15) is 0 Å². The van der Waals surface area contributed by atoms with Crippen molar-refractivity contribution < 1.29 is 9.53 Å². The Kier molecular flexibility index (Phi) is 5.21. The highest BCUT2D eigenvalue weighted by Crippen LogP contribution is 2.23. The molecule has 1 aromatic heterocycles. The zero-order valence-corrected chi connectivity index (χ0v) is 12.2. The minimum Gasteiger partial charge on any atom is -0.481 e. The first-order chi connectivity index (χ1) is 9.69. The van der Waals surface area contributed by atoms with E-state index in [1.54, 1.807) is 19.4 Å². The number of amides is 2. The molecule has 20 heavy (non-hydrogen) atoms. The Morgan fingerprint density at radius 1 is 1.40 bits per heavy atom. The molecule has 1 aliphatic carbocycles. The third-order valence-corrected chi connectivity index (χ3v) is 3.89. The predicted octanol–water partition coefficient (Wildman–Crippen LogP) is 2.47. The Hall–Kier alpha value is -1.78. The second kappa shape index (κ2) is 7.12. The summed E-state index contributed by atoms with van der Waals surface area (Å²) in [6.07, 6.45) is 6.48. The van der Waals surface area contributed by atoms with Gasteiger partial charge in [0.25, 0.3) is 0 Å². The summed E-state index contributed by atoms with van der Waals surface area (Å²) in [5.41, 5.74) is 0.956. The van der Waals surface area contributed by atoms with Gasteiger partial charge >= 0.3 is 6.03 Å². The summed E-state index contributed by atoms with van der Waals surface area (Å²) in [6, 6.07) is 3.89. The van der Waals surface area contributed by atoms with E-state index in [-0.39, 0.29) is 6.03 Å². The average molecular weight is 277 g/mol. The van der Waals surface area contributed by atoms with Gasteiger partial charge in [-0.25, -0.2) is 9.78 Å². The van der Waals surface area contributed by atoms with Crippen LogP contribution in [0.2, 0.25) is 0 Å². The number of ether oxygens (including phenoxy) is 1. The number of hydrogen-bond acceptors (Lipinski definition) is 3. The van der Waals surface area contributed by atoms with Gasteiger partial charge in [-0.1, -0.05) is 25.8 Å². The van der Waals surface area contributed by atoms with Crippen molar-refractivity contribution in [1.29, 1.82) is 0 Å². The second-order valence-electron chi connectivity index (χ2n) is 5.40. The first kappa shape index (κ1) is 14.6. The van der Waals surface area contributed by atoms with E-state index in [0.717, 1.165) is 12.0 Å². The number of carbonyl (C=O) groups excluding carboxylic acids is 1. The minimum atomic E-state index is -0.0976. The molecule has 0 saturated heterocycles. The smallest absolute Gasteiger partial charge is 0.315 e. The molecule has 1 heterocycles. The van der Waals surface area contributed by atoms with Crippen LogP contribution in [0.4, 0.5) is 4.79 Å². The molecule has 1 aromatic rings. The van der Waals surface area contributed by atoms with Crippen molar-refractivity contribution in [3.05, 3.63) is 23.9 Å². The summed E-state index contributed by atoms with van der Waals surface area (Å²) in [4.78, 5) is 16.0. The zero-order chi connectivity index (χ0) is 14.4. The SMILES string of the molecule is COc1ccc(CNC(=O)NC2CCCCC2C)cn1. The highest BCUT2D eigenvalue weighted by Gasteiger charge is 2.22. The van der Waals surface area contributed by atoms with Crippen LogP contribution < -0.4 is 15.4 Å². The predicted molar refractivity (Wildman–Crippen MR) is 77.6 cm³/mol. The molecule has 1 aliphatic rings. The largest absolute Gasteiger partial charge is 0.481 e. The molecule has 0 spiro atoms. The van der Waals surface area contributed by atoms with Crippen LogP contribution >= 0.6 is 0 Å². The molecule has 2 N–H and O–H groups in total. The lowest BCUT2D eigenvalue weighted by Gasteiger charge is -2.29. The van der Waals surface area contributed by atoms with Gasteiger partial charge in [-0.3, -0.25) is 0 Å². The van der Waals surface area contributed by atoms with Gasteiger partial charge in [0.05, 0.1) is 7.11 Å². The fourth-order valence-electron chi connectivity index (χ4n) is 2.57. The standard InChI is InChI=1S/C15H23N3O2/c1-11-5-3-4-6-13(11)18-15(19)17-10-12-7-8-14(20-2)16-9-12/h7-9,11,13H,3-6,10H2,1-2H3,(H2,17,18,19). The van der Waals surface area contributed by atoms with Crippen LogP contribution in [-0.4, -0.2) is 24.2 Å². The van der Waals surface area contributed by atoms with Crippen molar-refractivity contribution >= 4 is 6.03 Å². The normalized spacial score (nSPS) is 22.1. The lowest BCUT2D eigenvalue weighted by atomic mass is 9.86. The molecule has 2 unspecified atom stereocenters. The highest BCUT2D eigenvalue weighted by molar-refractivity contribution is 5.74. The molecule has 110 valence electrons. The summed E-state index contributed by atoms with van der Waals surface area (Å²) in [6.45, 7) is 2.68. The number of methoxy groups -OCH3 is 1. The molecule has 0 radical (unpaired) electrons. The fourth-order valence-corrected chi connectivity index (χ4v) is 2.57. The zero-order valence-electron chi connectivity index (χ0n) is 12.2. The Morgan fingerprint density at radius 2 is 2.20 bits per heavy atom. The minimum absolute atomic E-state index is 0.0976. The quantitative estimate of drug-likeness (QED) is 0.888. The molecule has 0 bridgehead atoms. The van der Waals surface area contributed by atoms with Crippen LogP contribution in [0.25, 0.3) is 0 Å². The van der Waals surface area contributed by atoms with Crippen LogP contribution in [0, 0.1) is 5.92 Å². The van der Waals surface area contributed by atoms with Crippen molar-refractivity contribution in [2.45, 2.75) is 45.2 Å². The van der Waals surface area contributed by atoms with E-state index in [4.69, 9.17) is 4.74 Å². The maximum atomic E-state index is 11.9. The van der Waals surface area contributed by atoms with Gasteiger partial charge in [-0.05, 0) is 24.3 Å². The maximum Gasteiger partial charge on any atom is 0.315 e. The van der Waals surface area contributed by atoms with Crippen LogP contribution in [0.1, 0.15) is 38.2 Å². The fraction of sp³-hybridized carbons (Fsp3) is 0.600. The second-order valence-corrected chi connectivity index (χ2v) is 5.40. The number of carbonyl (C=O) groups is 1. The molecule has 1 saturated carbocycles. The summed E-state index contributed by atoms with van der Waals surface area (Å²) in [7, 11) is 1.58. The van der Waals surface area contributed by atoms with Gasteiger partial charge in [0, 0.05) is 24.8 Å². The number of rotatable bonds is 4. The van der Waals surface area contributed by atoms with E-state index in [9.17, 15) is 4.79 Å². The highest BCUT2D eigenvalue weighted by atomic mass is 16.5. The van der Waals surface area contributed by atoms with Crippen LogP contribution in [0.5, 0.6) is 5.88 Å². The van der Waals surface area contributed by atoms with E-state index in [1.165, 1.54) is 19.3 Å². The van der Waals surface area contributed by atoms with Crippen LogP contribution in [0.3, 0.4) is 0 Å². The van der Waals surface area contributed by atoms with Crippen LogP contribution in [0.15, 0.2) is 18.3 Å². The third-order valence-electron chi connectivity index (χ3n) is 3.89. The Bertz CT molecular complexity index is 433. The number of urea groups is 1.